The Morgan fingerprint density at radius 1 is 1.11 bits per heavy atom. The molecular weight excluding hydrogens is 344 g/mol. The van der Waals surface area contributed by atoms with E-state index >= 15 is 0 Å². The molecule has 140 valence electrons. The molecule has 1 N–H and O–H groups in total. The maximum atomic E-state index is 12.3. The number of hydrogen-bond acceptors (Lipinski definition) is 4. The summed E-state index contributed by atoms with van der Waals surface area (Å²) >= 11 is 0. The van der Waals surface area contributed by atoms with Gasteiger partial charge in [-0.05, 0) is 49.6 Å². The second-order valence-corrected chi connectivity index (χ2v) is 6.59. The van der Waals surface area contributed by atoms with E-state index in [1.165, 1.54) is 0 Å². The van der Waals surface area contributed by atoms with Crippen molar-refractivity contribution in [1.29, 1.82) is 0 Å². The molecule has 0 bridgehead atoms. The van der Waals surface area contributed by atoms with Crippen molar-refractivity contribution in [3.63, 3.8) is 0 Å². The number of hydrogen-bond donors (Lipinski definition) is 1. The van der Waals surface area contributed by atoms with E-state index in [2.05, 4.69) is 5.32 Å². The first-order valence-electron chi connectivity index (χ1n) is 8.89. The van der Waals surface area contributed by atoms with Crippen LogP contribution in [0.15, 0.2) is 42.5 Å². The van der Waals surface area contributed by atoms with Crippen molar-refractivity contribution in [1.82, 2.24) is 0 Å². The van der Waals surface area contributed by atoms with Crippen molar-refractivity contribution in [3.05, 3.63) is 59.2 Å². The highest BCUT2D eigenvalue weighted by Gasteiger charge is 2.22. The van der Waals surface area contributed by atoms with Crippen molar-refractivity contribution in [2.75, 3.05) is 23.4 Å². The van der Waals surface area contributed by atoms with Gasteiger partial charge in [0.05, 0.1) is 5.56 Å². The third kappa shape index (κ3) is 4.34. The summed E-state index contributed by atoms with van der Waals surface area (Å²) in [5.74, 6) is -0.944. The van der Waals surface area contributed by atoms with Crippen LogP contribution in [0, 0.1) is 13.8 Å². The van der Waals surface area contributed by atoms with Gasteiger partial charge in [0.25, 0.3) is 5.91 Å². The van der Waals surface area contributed by atoms with Crippen LogP contribution in [-0.4, -0.2) is 30.9 Å². The molecule has 3 rings (SSSR count). The zero-order chi connectivity index (χ0) is 19.4. The Hall–Kier alpha value is -3.15. The minimum absolute atomic E-state index is 0.0495. The van der Waals surface area contributed by atoms with E-state index in [0.717, 1.165) is 23.2 Å². The Balaban J connectivity index is 1.61. The molecule has 27 heavy (non-hydrogen) atoms. The number of carbonyl (C=O) groups excluding carboxylic acids is 3. The Kier molecular flexibility index (Phi) is 5.54. The van der Waals surface area contributed by atoms with Crippen molar-refractivity contribution >= 4 is 29.2 Å². The zero-order valence-electron chi connectivity index (χ0n) is 15.5. The Morgan fingerprint density at radius 2 is 1.81 bits per heavy atom. The molecule has 0 aliphatic carbocycles. The van der Waals surface area contributed by atoms with Crippen molar-refractivity contribution < 1.29 is 19.1 Å². The van der Waals surface area contributed by atoms with Gasteiger partial charge in [0, 0.05) is 24.3 Å². The number of ether oxygens (including phenoxy) is 1. The number of nitrogens with zero attached hydrogens (tertiary/aromatic N) is 1. The molecule has 0 radical (unpaired) electrons. The quantitative estimate of drug-likeness (QED) is 0.825. The molecule has 1 saturated heterocycles. The van der Waals surface area contributed by atoms with Crippen LogP contribution in [0.5, 0.6) is 0 Å². The summed E-state index contributed by atoms with van der Waals surface area (Å²) < 4.78 is 5.13. The van der Waals surface area contributed by atoms with Gasteiger partial charge in [0.15, 0.2) is 6.61 Å². The van der Waals surface area contributed by atoms with E-state index in [1.807, 2.05) is 32.0 Å². The third-order valence-electron chi connectivity index (χ3n) is 4.55. The SMILES string of the molecule is Cc1cccc(C)c1NC(=O)COC(=O)c1cccc(N2CCCC2=O)c1. The maximum absolute atomic E-state index is 12.3. The molecule has 0 unspecified atom stereocenters. The molecule has 1 fully saturated rings. The first kappa shape index (κ1) is 18.6. The Labute approximate surface area is 158 Å². The van der Waals surface area contributed by atoms with E-state index in [1.54, 1.807) is 29.2 Å². The van der Waals surface area contributed by atoms with Gasteiger partial charge >= 0.3 is 5.97 Å². The van der Waals surface area contributed by atoms with Gasteiger partial charge in [0.2, 0.25) is 5.91 Å². The van der Waals surface area contributed by atoms with E-state index in [4.69, 9.17) is 4.74 Å². The fourth-order valence-electron chi connectivity index (χ4n) is 3.12. The first-order chi connectivity index (χ1) is 13.0. The molecule has 0 atom stereocenters. The van der Waals surface area contributed by atoms with E-state index in [-0.39, 0.29) is 12.5 Å². The average Bonchev–Trinajstić information content (AvgIpc) is 3.09. The van der Waals surface area contributed by atoms with E-state index in [9.17, 15) is 14.4 Å². The van der Waals surface area contributed by atoms with E-state index in [0.29, 0.717) is 24.2 Å². The van der Waals surface area contributed by atoms with Crippen LogP contribution in [0.25, 0.3) is 0 Å². The van der Waals surface area contributed by atoms with Crippen LogP contribution < -0.4 is 10.2 Å². The molecule has 0 spiro atoms. The number of aryl methyl sites for hydroxylation is 2. The summed E-state index contributed by atoms with van der Waals surface area (Å²) in [5.41, 5.74) is 3.60. The average molecular weight is 366 g/mol. The number of benzene rings is 2. The lowest BCUT2D eigenvalue weighted by atomic mass is 10.1. The Morgan fingerprint density at radius 3 is 2.48 bits per heavy atom. The molecular formula is C21H22N2O4. The number of para-hydroxylation sites is 1. The summed E-state index contributed by atoms with van der Waals surface area (Å²) in [4.78, 5) is 37.9. The standard InChI is InChI=1S/C21H22N2O4/c1-14-6-3-7-15(2)20(14)22-18(24)13-27-21(26)16-8-4-9-17(12-16)23-11-5-10-19(23)25/h3-4,6-9,12H,5,10-11,13H2,1-2H3,(H,22,24). The summed E-state index contributed by atoms with van der Waals surface area (Å²) in [6.07, 6.45) is 1.33. The molecule has 0 aromatic heterocycles. The number of amides is 2. The summed E-state index contributed by atoms with van der Waals surface area (Å²) in [5, 5.41) is 2.78. The van der Waals surface area contributed by atoms with Crippen molar-refractivity contribution in [2.24, 2.45) is 0 Å². The van der Waals surface area contributed by atoms with Crippen LogP contribution in [-0.2, 0) is 14.3 Å². The molecule has 1 aliphatic rings. The fraction of sp³-hybridized carbons (Fsp3) is 0.286. The molecule has 2 amide bonds. The van der Waals surface area contributed by atoms with Gasteiger partial charge in [-0.2, -0.15) is 0 Å². The minimum Gasteiger partial charge on any atom is -0.452 e. The number of rotatable bonds is 5. The number of nitrogens with one attached hydrogen (secondary N) is 1. The van der Waals surface area contributed by atoms with Gasteiger partial charge in [-0.25, -0.2) is 4.79 Å². The van der Waals surface area contributed by atoms with Gasteiger partial charge in [-0.3, -0.25) is 9.59 Å². The second-order valence-electron chi connectivity index (χ2n) is 6.59. The monoisotopic (exact) mass is 366 g/mol. The van der Waals surface area contributed by atoms with Gasteiger partial charge in [-0.1, -0.05) is 24.3 Å². The molecule has 1 aliphatic heterocycles. The Bertz CT molecular complexity index is 871. The first-order valence-corrected chi connectivity index (χ1v) is 8.89. The predicted octanol–water partition coefficient (Wildman–Crippen LogP) is 3.23. The molecule has 1 heterocycles. The maximum Gasteiger partial charge on any atom is 0.338 e. The molecule has 6 nitrogen and oxygen atoms in total. The van der Waals surface area contributed by atoms with Gasteiger partial charge in [0.1, 0.15) is 0 Å². The van der Waals surface area contributed by atoms with Crippen LogP contribution in [0.4, 0.5) is 11.4 Å². The van der Waals surface area contributed by atoms with Crippen LogP contribution in [0.3, 0.4) is 0 Å². The largest absolute Gasteiger partial charge is 0.452 e. The predicted molar refractivity (Wildman–Crippen MR) is 103 cm³/mol. The lowest BCUT2D eigenvalue weighted by Crippen LogP contribution is -2.24. The summed E-state index contributed by atoms with van der Waals surface area (Å²) in [6.45, 7) is 4.08. The summed E-state index contributed by atoms with van der Waals surface area (Å²) in [7, 11) is 0. The second kappa shape index (κ2) is 8.03. The minimum atomic E-state index is -0.597. The normalized spacial score (nSPS) is 13.6. The molecule has 6 heteroatoms. The highest BCUT2D eigenvalue weighted by molar-refractivity contribution is 5.99. The van der Waals surface area contributed by atoms with Gasteiger partial charge < -0.3 is 15.0 Å². The van der Waals surface area contributed by atoms with Gasteiger partial charge in [-0.15, -0.1) is 0 Å². The van der Waals surface area contributed by atoms with E-state index < -0.39 is 11.9 Å². The van der Waals surface area contributed by atoms with Crippen LogP contribution in [0.1, 0.15) is 34.3 Å². The van der Waals surface area contributed by atoms with Crippen molar-refractivity contribution in [3.8, 4) is 0 Å². The molecule has 2 aromatic rings. The van der Waals surface area contributed by atoms with Crippen molar-refractivity contribution in [2.45, 2.75) is 26.7 Å². The topological polar surface area (TPSA) is 75.7 Å². The molecule has 2 aromatic carbocycles. The number of carbonyl (C=O) groups is 3. The number of esters is 1. The fourth-order valence-corrected chi connectivity index (χ4v) is 3.12. The highest BCUT2D eigenvalue weighted by Crippen LogP contribution is 2.23. The third-order valence-corrected chi connectivity index (χ3v) is 4.55. The molecule has 0 saturated carbocycles. The number of anilines is 2. The smallest absolute Gasteiger partial charge is 0.338 e. The lowest BCUT2D eigenvalue weighted by Gasteiger charge is -2.16. The summed E-state index contributed by atoms with van der Waals surface area (Å²) in [6, 6.07) is 12.4. The highest BCUT2D eigenvalue weighted by atomic mass is 16.5. The van der Waals surface area contributed by atoms with Crippen LogP contribution >= 0.6 is 0 Å². The van der Waals surface area contributed by atoms with Crippen LogP contribution in [0.2, 0.25) is 0 Å². The lowest BCUT2D eigenvalue weighted by molar-refractivity contribution is -0.119. The zero-order valence-corrected chi connectivity index (χ0v) is 15.5.